The molecule has 0 spiro atoms. The predicted octanol–water partition coefficient (Wildman–Crippen LogP) is 1.10. The highest BCUT2D eigenvalue weighted by molar-refractivity contribution is 8.00. The van der Waals surface area contributed by atoms with Gasteiger partial charge in [0.25, 0.3) is 0 Å². The Morgan fingerprint density at radius 1 is 1.33 bits per heavy atom. The predicted molar refractivity (Wildman–Crippen MR) is 85.3 cm³/mol. The van der Waals surface area contributed by atoms with E-state index in [1.807, 2.05) is 22.4 Å². The quantitative estimate of drug-likeness (QED) is 0.835. The van der Waals surface area contributed by atoms with E-state index in [0.717, 1.165) is 31.1 Å². The molecule has 0 saturated carbocycles. The average molecular weight is 325 g/mol. The summed E-state index contributed by atoms with van der Waals surface area (Å²) in [7, 11) is 2.06. The van der Waals surface area contributed by atoms with E-state index in [2.05, 4.69) is 11.9 Å². The normalized spacial score (nSPS) is 23.9. The van der Waals surface area contributed by atoms with Gasteiger partial charge in [0.15, 0.2) is 0 Å². The number of hydrogen-bond acceptors (Lipinski definition) is 5. The molecule has 2 aliphatic rings. The Hall–Kier alpha value is -1.05. The molecule has 2 amide bonds. The molecule has 0 aromatic carbocycles. The zero-order chi connectivity index (χ0) is 14.8. The van der Waals surface area contributed by atoms with Gasteiger partial charge in [-0.25, -0.2) is 0 Å². The summed E-state index contributed by atoms with van der Waals surface area (Å²) < 4.78 is 0. The lowest BCUT2D eigenvalue weighted by molar-refractivity contribution is -0.140. The molecule has 2 aliphatic heterocycles. The molecular weight excluding hydrogens is 306 g/mol. The van der Waals surface area contributed by atoms with Gasteiger partial charge < -0.3 is 14.7 Å². The second kappa shape index (κ2) is 6.37. The van der Waals surface area contributed by atoms with E-state index in [1.54, 1.807) is 28.0 Å². The lowest BCUT2D eigenvalue weighted by atomic mass is 10.3. The van der Waals surface area contributed by atoms with Gasteiger partial charge in [-0.2, -0.15) is 0 Å². The van der Waals surface area contributed by atoms with Crippen LogP contribution in [0.4, 0.5) is 0 Å². The molecule has 1 aromatic heterocycles. The zero-order valence-corrected chi connectivity index (χ0v) is 13.7. The van der Waals surface area contributed by atoms with Gasteiger partial charge in [0.2, 0.25) is 11.8 Å². The number of carbonyl (C=O) groups is 2. The molecule has 1 aromatic rings. The van der Waals surface area contributed by atoms with E-state index in [1.165, 1.54) is 0 Å². The molecule has 114 valence electrons. The van der Waals surface area contributed by atoms with Gasteiger partial charge in [0, 0.05) is 31.1 Å². The van der Waals surface area contributed by atoms with Crippen LogP contribution in [0, 0.1) is 0 Å². The van der Waals surface area contributed by atoms with Gasteiger partial charge in [-0.05, 0) is 18.5 Å². The summed E-state index contributed by atoms with van der Waals surface area (Å²) in [5.74, 6) is 0.611. The van der Waals surface area contributed by atoms with Crippen LogP contribution in [0.3, 0.4) is 0 Å². The summed E-state index contributed by atoms with van der Waals surface area (Å²) in [6.07, 6.45) is 0. The number of piperazine rings is 1. The highest BCUT2D eigenvalue weighted by atomic mass is 32.2. The van der Waals surface area contributed by atoms with Crippen LogP contribution in [0.1, 0.15) is 10.3 Å². The fraction of sp³-hybridized carbons (Fsp3) is 0.571. The number of thiophene rings is 1. The molecule has 7 heteroatoms. The van der Waals surface area contributed by atoms with Crippen molar-refractivity contribution in [3.05, 3.63) is 22.4 Å². The minimum absolute atomic E-state index is 0.00825. The highest BCUT2D eigenvalue weighted by Crippen LogP contribution is 2.40. The first-order valence-electron chi connectivity index (χ1n) is 7.06. The monoisotopic (exact) mass is 325 g/mol. The van der Waals surface area contributed by atoms with Crippen LogP contribution in [0.15, 0.2) is 17.5 Å². The van der Waals surface area contributed by atoms with E-state index < -0.39 is 0 Å². The minimum Gasteiger partial charge on any atom is -0.339 e. The lowest BCUT2D eigenvalue weighted by Crippen LogP contribution is -2.50. The smallest absolute Gasteiger partial charge is 0.242 e. The summed E-state index contributed by atoms with van der Waals surface area (Å²) in [5.41, 5.74) is 0. The summed E-state index contributed by atoms with van der Waals surface area (Å²) >= 11 is 3.26. The first-order valence-corrected chi connectivity index (χ1v) is 8.99. The molecule has 5 nitrogen and oxygen atoms in total. The van der Waals surface area contributed by atoms with Crippen LogP contribution in [-0.4, -0.2) is 72.0 Å². The third-order valence-corrected chi connectivity index (χ3v) is 6.23. The summed E-state index contributed by atoms with van der Waals surface area (Å²) in [6, 6.07) is 4.03. The second-order valence-electron chi connectivity index (χ2n) is 5.38. The molecule has 0 bridgehead atoms. The van der Waals surface area contributed by atoms with E-state index in [-0.39, 0.29) is 23.7 Å². The first-order chi connectivity index (χ1) is 10.1. The van der Waals surface area contributed by atoms with Crippen molar-refractivity contribution >= 4 is 34.9 Å². The number of likely N-dealkylation sites (N-methyl/N-ethyl adjacent to an activating group) is 1. The van der Waals surface area contributed by atoms with Crippen molar-refractivity contribution in [2.45, 2.75) is 5.37 Å². The van der Waals surface area contributed by atoms with Crippen LogP contribution in [0.25, 0.3) is 0 Å². The SMILES string of the molecule is CN1CCN(C(=O)CN2C(=O)CS[C@@H]2c2cccs2)CC1. The Morgan fingerprint density at radius 2 is 2.10 bits per heavy atom. The number of hydrogen-bond donors (Lipinski definition) is 0. The fourth-order valence-electron chi connectivity index (χ4n) is 2.59. The van der Waals surface area contributed by atoms with Gasteiger partial charge >= 0.3 is 0 Å². The summed E-state index contributed by atoms with van der Waals surface area (Å²) in [6.45, 7) is 3.53. The fourth-order valence-corrected chi connectivity index (χ4v) is 4.76. The van der Waals surface area contributed by atoms with Crippen molar-refractivity contribution in [1.82, 2.24) is 14.7 Å². The Balaban J connectivity index is 1.64. The van der Waals surface area contributed by atoms with Gasteiger partial charge in [-0.15, -0.1) is 23.1 Å². The molecule has 3 rings (SSSR count). The van der Waals surface area contributed by atoms with Crippen LogP contribution in [0.2, 0.25) is 0 Å². The Bertz CT molecular complexity index is 512. The third-order valence-electron chi connectivity index (χ3n) is 3.92. The van der Waals surface area contributed by atoms with Crippen LogP contribution in [-0.2, 0) is 9.59 Å². The Labute approximate surface area is 132 Å². The zero-order valence-electron chi connectivity index (χ0n) is 12.0. The molecule has 21 heavy (non-hydrogen) atoms. The van der Waals surface area contributed by atoms with E-state index in [0.29, 0.717) is 5.75 Å². The lowest BCUT2D eigenvalue weighted by Gasteiger charge is -2.34. The molecule has 0 unspecified atom stereocenters. The molecular formula is C14H19N3O2S2. The number of amides is 2. The van der Waals surface area contributed by atoms with Crippen LogP contribution in [0.5, 0.6) is 0 Å². The van der Waals surface area contributed by atoms with Crippen molar-refractivity contribution in [2.24, 2.45) is 0 Å². The van der Waals surface area contributed by atoms with E-state index in [4.69, 9.17) is 0 Å². The Kier molecular flexibility index (Phi) is 4.51. The van der Waals surface area contributed by atoms with E-state index >= 15 is 0 Å². The highest BCUT2D eigenvalue weighted by Gasteiger charge is 2.35. The maximum absolute atomic E-state index is 12.4. The van der Waals surface area contributed by atoms with Crippen molar-refractivity contribution in [3.63, 3.8) is 0 Å². The number of carbonyl (C=O) groups excluding carboxylic acids is 2. The van der Waals surface area contributed by atoms with Gasteiger partial charge in [0.1, 0.15) is 11.9 Å². The topological polar surface area (TPSA) is 43.9 Å². The molecule has 2 fully saturated rings. The Morgan fingerprint density at radius 3 is 2.76 bits per heavy atom. The van der Waals surface area contributed by atoms with Crippen molar-refractivity contribution in [1.29, 1.82) is 0 Å². The van der Waals surface area contributed by atoms with Crippen molar-refractivity contribution < 1.29 is 9.59 Å². The third kappa shape index (κ3) is 3.25. The maximum atomic E-state index is 12.4. The van der Waals surface area contributed by atoms with Crippen LogP contribution < -0.4 is 0 Å². The number of thioether (sulfide) groups is 1. The average Bonchev–Trinajstić information content (AvgIpc) is 3.10. The number of nitrogens with zero attached hydrogens (tertiary/aromatic N) is 3. The molecule has 0 radical (unpaired) electrons. The van der Waals surface area contributed by atoms with Gasteiger partial charge in [0.05, 0.1) is 5.75 Å². The second-order valence-corrected chi connectivity index (χ2v) is 7.43. The van der Waals surface area contributed by atoms with E-state index in [9.17, 15) is 9.59 Å². The first kappa shape index (κ1) is 14.9. The minimum atomic E-state index is 0.00825. The van der Waals surface area contributed by atoms with Gasteiger partial charge in [-0.1, -0.05) is 6.07 Å². The number of rotatable bonds is 3. The molecule has 3 heterocycles. The standard InChI is InChI=1S/C14H19N3O2S2/c1-15-4-6-16(7-5-15)12(18)9-17-13(19)10-21-14(17)11-3-2-8-20-11/h2-3,8,14H,4-7,9-10H2,1H3/t14-/m1/s1. The summed E-state index contributed by atoms with van der Waals surface area (Å²) in [5, 5.41) is 2.02. The largest absolute Gasteiger partial charge is 0.339 e. The molecule has 2 saturated heterocycles. The van der Waals surface area contributed by atoms with Crippen molar-refractivity contribution in [2.75, 3.05) is 45.5 Å². The van der Waals surface area contributed by atoms with Crippen LogP contribution >= 0.6 is 23.1 Å². The van der Waals surface area contributed by atoms with Gasteiger partial charge in [-0.3, -0.25) is 9.59 Å². The molecule has 0 N–H and O–H groups in total. The maximum Gasteiger partial charge on any atom is 0.242 e. The molecule has 1 atom stereocenters. The molecule has 0 aliphatic carbocycles. The van der Waals surface area contributed by atoms with Crippen molar-refractivity contribution in [3.8, 4) is 0 Å². The summed E-state index contributed by atoms with van der Waals surface area (Å²) in [4.78, 5) is 31.5.